The van der Waals surface area contributed by atoms with Gasteiger partial charge in [-0.05, 0) is 29.6 Å². The number of benzene rings is 1. The van der Waals surface area contributed by atoms with Crippen molar-refractivity contribution in [2.24, 2.45) is 0 Å². The Morgan fingerprint density at radius 2 is 2.22 bits per heavy atom. The van der Waals surface area contributed by atoms with Gasteiger partial charge in [-0.3, -0.25) is 9.36 Å². The first-order valence-electron chi connectivity index (χ1n) is 6.70. The van der Waals surface area contributed by atoms with Crippen LogP contribution in [0.15, 0.2) is 55.1 Å². The van der Waals surface area contributed by atoms with E-state index in [1.54, 1.807) is 23.5 Å². The van der Waals surface area contributed by atoms with Crippen LogP contribution in [-0.2, 0) is 6.54 Å². The molecule has 4 aromatic rings. The molecule has 0 spiro atoms. The van der Waals surface area contributed by atoms with Gasteiger partial charge in [-0.1, -0.05) is 21.1 Å². The monoisotopic (exact) mass is 388 g/mol. The fraction of sp³-hybridized carbons (Fsp3) is 0.0667. The number of fused-ring (bicyclic) bond motifs is 1. The van der Waals surface area contributed by atoms with Gasteiger partial charge in [0.25, 0.3) is 11.4 Å². The van der Waals surface area contributed by atoms with Crippen LogP contribution in [0.5, 0.6) is 0 Å². The van der Waals surface area contributed by atoms with Crippen LogP contribution in [0.2, 0.25) is 0 Å². The molecule has 0 fully saturated rings. The van der Waals surface area contributed by atoms with E-state index >= 15 is 0 Å². The first kappa shape index (κ1) is 14.3. The van der Waals surface area contributed by atoms with Crippen molar-refractivity contribution in [3.63, 3.8) is 0 Å². The van der Waals surface area contributed by atoms with Gasteiger partial charge in [0.1, 0.15) is 0 Å². The molecule has 8 heteroatoms. The summed E-state index contributed by atoms with van der Waals surface area (Å²) in [5.74, 6) is 0.884. The Labute approximate surface area is 142 Å². The molecule has 3 heterocycles. The van der Waals surface area contributed by atoms with Gasteiger partial charge in [0.2, 0.25) is 0 Å². The van der Waals surface area contributed by atoms with Crippen molar-refractivity contribution in [2.45, 2.75) is 6.54 Å². The largest absolute Gasteiger partial charge is 0.334 e. The summed E-state index contributed by atoms with van der Waals surface area (Å²) in [6.07, 6.45) is 1.50. The fourth-order valence-corrected chi connectivity index (χ4v) is 3.21. The molecule has 0 saturated heterocycles. The molecule has 0 unspecified atom stereocenters. The second-order valence-corrected chi connectivity index (χ2v) is 6.56. The minimum absolute atomic E-state index is 0.141. The average Bonchev–Trinajstić information content (AvgIpc) is 3.22. The fourth-order valence-electron chi connectivity index (χ4n) is 2.22. The van der Waals surface area contributed by atoms with E-state index in [4.69, 9.17) is 4.52 Å². The quantitative estimate of drug-likeness (QED) is 0.538. The van der Waals surface area contributed by atoms with Crippen LogP contribution in [0.3, 0.4) is 0 Å². The third-order valence-electron chi connectivity index (χ3n) is 3.33. The zero-order chi connectivity index (χ0) is 15.8. The summed E-state index contributed by atoms with van der Waals surface area (Å²) in [5, 5.41) is 8.34. The van der Waals surface area contributed by atoms with Gasteiger partial charge in [-0.2, -0.15) is 16.3 Å². The van der Waals surface area contributed by atoms with Crippen molar-refractivity contribution in [2.75, 3.05) is 0 Å². The van der Waals surface area contributed by atoms with E-state index < -0.39 is 0 Å². The lowest BCUT2D eigenvalue weighted by molar-refractivity contribution is 0.420. The third kappa shape index (κ3) is 2.71. The highest BCUT2D eigenvalue weighted by atomic mass is 79.9. The highest BCUT2D eigenvalue weighted by molar-refractivity contribution is 9.10. The number of nitrogens with zero attached hydrogens (tertiary/aromatic N) is 4. The number of rotatable bonds is 3. The molecule has 0 saturated carbocycles. The Bertz CT molecular complexity index is 1040. The topological polar surface area (TPSA) is 73.8 Å². The Morgan fingerprint density at radius 1 is 1.30 bits per heavy atom. The van der Waals surface area contributed by atoms with E-state index in [0.717, 1.165) is 10.0 Å². The molecule has 4 rings (SSSR count). The highest BCUT2D eigenvalue weighted by Gasteiger charge is 2.11. The number of hydrogen-bond donors (Lipinski definition) is 0. The average molecular weight is 389 g/mol. The number of halogens is 1. The molecule has 0 amide bonds. The van der Waals surface area contributed by atoms with Crippen LogP contribution >= 0.6 is 27.3 Å². The second kappa shape index (κ2) is 5.71. The predicted octanol–water partition coefficient (Wildman–Crippen LogP) is 3.32. The van der Waals surface area contributed by atoms with Gasteiger partial charge in [0, 0.05) is 9.85 Å². The van der Waals surface area contributed by atoms with Crippen LogP contribution in [0, 0.1) is 0 Å². The first-order chi connectivity index (χ1) is 11.2. The lowest BCUT2D eigenvalue weighted by Gasteiger charge is -2.03. The lowest BCUT2D eigenvalue weighted by atomic mass is 10.2. The minimum atomic E-state index is -0.141. The van der Waals surface area contributed by atoms with Crippen molar-refractivity contribution in [1.29, 1.82) is 0 Å². The summed E-state index contributed by atoms with van der Waals surface area (Å²) < 4.78 is 7.53. The third-order valence-corrected chi connectivity index (χ3v) is 4.51. The molecule has 0 aliphatic carbocycles. The van der Waals surface area contributed by atoms with Gasteiger partial charge in [0.15, 0.2) is 5.82 Å². The summed E-state index contributed by atoms with van der Waals surface area (Å²) in [6.45, 7) is 0.210. The molecule has 0 radical (unpaired) electrons. The van der Waals surface area contributed by atoms with Crippen molar-refractivity contribution in [3.05, 3.63) is 62.0 Å². The normalized spacial score (nSPS) is 11.2. The zero-order valence-corrected chi connectivity index (χ0v) is 14.0. The Morgan fingerprint density at radius 3 is 3.04 bits per heavy atom. The van der Waals surface area contributed by atoms with E-state index in [2.05, 4.69) is 31.1 Å². The maximum Gasteiger partial charge on any atom is 0.261 e. The lowest BCUT2D eigenvalue weighted by Crippen LogP contribution is -2.21. The summed E-state index contributed by atoms with van der Waals surface area (Å²) in [4.78, 5) is 21.2. The van der Waals surface area contributed by atoms with E-state index in [0.29, 0.717) is 22.6 Å². The molecule has 0 N–H and O–H groups in total. The van der Waals surface area contributed by atoms with Crippen molar-refractivity contribution < 1.29 is 4.52 Å². The molecule has 6 nitrogen and oxygen atoms in total. The maximum absolute atomic E-state index is 12.5. The molecule has 1 aromatic carbocycles. The van der Waals surface area contributed by atoms with Crippen LogP contribution in [0.4, 0.5) is 0 Å². The zero-order valence-electron chi connectivity index (χ0n) is 11.6. The summed E-state index contributed by atoms with van der Waals surface area (Å²) in [6, 6.07) is 7.32. The van der Waals surface area contributed by atoms with Crippen molar-refractivity contribution in [1.82, 2.24) is 19.7 Å². The van der Waals surface area contributed by atoms with Gasteiger partial charge < -0.3 is 4.52 Å². The van der Waals surface area contributed by atoms with Crippen molar-refractivity contribution in [3.8, 4) is 11.5 Å². The van der Waals surface area contributed by atoms with E-state index in [9.17, 15) is 4.79 Å². The maximum atomic E-state index is 12.5. The molecule has 3 aromatic heterocycles. The van der Waals surface area contributed by atoms with Crippen LogP contribution in [-0.4, -0.2) is 19.7 Å². The highest BCUT2D eigenvalue weighted by Crippen LogP contribution is 2.20. The number of hydrogen-bond acceptors (Lipinski definition) is 6. The van der Waals surface area contributed by atoms with Gasteiger partial charge >= 0.3 is 0 Å². The predicted molar refractivity (Wildman–Crippen MR) is 90.4 cm³/mol. The number of aromatic nitrogens is 4. The van der Waals surface area contributed by atoms with Crippen LogP contribution in [0.1, 0.15) is 5.82 Å². The molecular weight excluding hydrogens is 380 g/mol. The molecule has 0 atom stereocenters. The van der Waals surface area contributed by atoms with Crippen LogP contribution < -0.4 is 5.56 Å². The molecule has 0 bridgehead atoms. The minimum Gasteiger partial charge on any atom is -0.334 e. The number of thiophene rings is 1. The second-order valence-electron chi connectivity index (χ2n) is 4.87. The van der Waals surface area contributed by atoms with Crippen LogP contribution in [0.25, 0.3) is 22.4 Å². The summed E-state index contributed by atoms with van der Waals surface area (Å²) in [5.41, 5.74) is 1.39. The Balaban J connectivity index is 1.70. The molecule has 114 valence electrons. The van der Waals surface area contributed by atoms with Gasteiger partial charge in [-0.15, -0.1) is 0 Å². The molecular formula is C15H9BrN4O2S. The van der Waals surface area contributed by atoms with E-state index in [-0.39, 0.29) is 12.1 Å². The molecule has 23 heavy (non-hydrogen) atoms. The smallest absolute Gasteiger partial charge is 0.261 e. The Hall–Kier alpha value is -2.32. The Kier molecular flexibility index (Phi) is 3.55. The summed E-state index contributed by atoms with van der Waals surface area (Å²) >= 11 is 4.92. The van der Waals surface area contributed by atoms with Gasteiger partial charge in [0.05, 0.1) is 29.3 Å². The van der Waals surface area contributed by atoms with E-state index in [1.165, 1.54) is 10.9 Å². The van der Waals surface area contributed by atoms with Crippen molar-refractivity contribution >= 4 is 38.2 Å². The SMILES string of the molecule is O=c1c2cc(Br)ccc2ncn1Cc1noc(-c2ccsc2)n1. The molecule has 0 aliphatic rings. The summed E-state index contributed by atoms with van der Waals surface area (Å²) in [7, 11) is 0. The van der Waals surface area contributed by atoms with Gasteiger partial charge in [-0.25, -0.2) is 4.98 Å². The molecule has 0 aliphatic heterocycles. The first-order valence-corrected chi connectivity index (χ1v) is 8.44. The standard InChI is InChI=1S/C15H9BrN4O2S/c16-10-1-2-12-11(5-10)15(21)20(8-17-12)6-13-18-14(22-19-13)9-3-4-23-7-9/h1-5,7-8H,6H2. The van der Waals surface area contributed by atoms with E-state index in [1.807, 2.05) is 22.9 Å².